The van der Waals surface area contributed by atoms with Crippen LogP contribution < -0.4 is 4.74 Å². The first-order chi connectivity index (χ1) is 9.20. The standard InChI is InChI=1S/C15H21NO3/c1-12-4-2-6-14(10-12)19-9-7-15(18)16-8-3-5-13(16)11-17/h2,4,6,10,13,17H,3,5,7-9,11H2,1H3/t13-/m0/s1. The highest BCUT2D eigenvalue weighted by Crippen LogP contribution is 2.18. The average Bonchev–Trinajstić information content (AvgIpc) is 2.87. The zero-order valence-corrected chi connectivity index (χ0v) is 11.3. The topological polar surface area (TPSA) is 49.8 Å². The first kappa shape index (κ1) is 13.9. The van der Waals surface area contributed by atoms with Crippen molar-refractivity contribution >= 4 is 5.91 Å². The van der Waals surface area contributed by atoms with Crippen LogP contribution in [0.15, 0.2) is 24.3 Å². The van der Waals surface area contributed by atoms with Crippen LogP contribution in [0.3, 0.4) is 0 Å². The molecule has 0 unspecified atom stereocenters. The van der Waals surface area contributed by atoms with E-state index in [9.17, 15) is 9.90 Å². The number of carbonyl (C=O) groups is 1. The van der Waals surface area contributed by atoms with Crippen molar-refractivity contribution in [3.05, 3.63) is 29.8 Å². The minimum absolute atomic E-state index is 0.00599. The first-order valence-electron chi connectivity index (χ1n) is 6.80. The summed E-state index contributed by atoms with van der Waals surface area (Å²) in [7, 11) is 0. The summed E-state index contributed by atoms with van der Waals surface area (Å²) in [5.74, 6) is 0.872. The number of hydrogen-bond donors (Lipinski definition) is 1. The van der Waals surface area contributed by atoms with Gasteiger partial charge in [0.2, 0.25) is 5.91 Å². The highest BCUT2D eigenvalue weighted by Gasteiger charge is 2.27. The Labute approximate surface area is 114 Å². The number of aryl methyl sites for hydroxylation is 1. The molecule has 1 aliphatic rings. The number of likely N-dealkylation sites (tertiary alicyclic amines) is 1. The lowest BCUT2D eigenvalue weighted by Crippen LogP contribution is -2.38. The molecule has 1 atom stereocenters. The molecule has 19 heavy (non-hydrogen) atoms. The van der Waals surface area contributed by atoms with Crippen LogP contribution in [0.5, 0.6) is 5.75 Å². The van der Waals surface area contributed by atoms with E-state index in [1.54, 1.807) is 4.90 Å². The fourth-order valence-corrected chi connectivity index (χ4v) is 2.46. The van der Waals surface area contributed by atoms with Crippen molar-refractivity contribution < 1.29 is 14.6 Å². The van der Waals surface area contributed by atoms with E-state index in [0.29, 0.717) is 13.0 Å². The molecular formula is C15H21NO3. The lowest BCUT2D eigenvalue weighted by Gasteiger charge is -2.23. The largest absolute Gasteiger partial charge is 0.493 e. The maximum atomic E-state index is 12.0. The van der Waals surface area contributed by atoms with Crippen LogP contribution in [-0.4, -0.2) is 41.7 Å². The number of ether oxygens (including phenoxy) is 1. The van der Waals surface area contributed by atoms with E-state index < -0.39 is 0 Å². The van der Waals surface area contributed by atoms with Gasteiger partial charge in [0.25, 0.3) is 0 Å². The van der Waals surface area contributed by atoms with Gasteiger partial charge in [-0.25, -0.2) is 0 Å². The van der Waals surface area contributed by atoms with Crippen LogP contribution >= 0.6 is 0 Å². The van der Waals surface area contributed by atoms with Crippen molar-refractivity contribution in [2.75, 3.05) is 19.8 Å². The van der Waals surface area contributed by atoms with Crippen molar-refractivity contribution in [3.63, 3.8) is 0 Å². The Balaban J connectivity index is 1.78. The second kappa shape index (κ2) is 6.57. The number of carbonyl (C=O) groups excluding carboxylic acids is 1. The molecule has 1 aromatic rings. The normalized spacial score (nSPS) is 18.6. The first-order valence-corrected chi connectivity index (χ1v) is 6.80. The third-order valence-electron chi connectivity index (χ3n) is 3.48. The molecule has 0 saturated carbocycles. The molecule has 0 bridgehead atoms. The summed E-state index contributed by atoms with van der Waals surface area (Å²) in [6.45, 7) is 3.21. The van der Waals surface area contributed by atoms with Gasteiger partial charge in [0.15, 0.2) is 0 Å². The Morgan fingerprint density at radius 1 is 1.53 bits per heavy atom. The molecule has 0 aromatic heterocycles. The number of amides is 1. The zero-order valence-electron chi connectivity index (χ0n) is 11.3. The fourth-order valence-electron chi connectivity index (χ4n) is 2.46. The summed E-state index contributed by atoms with van der Waals surface area (Å²) < 4.78 is 5.58. The van der Waals surface area contributed by atoms with Gasteiger partial charge in [0.05, 0.1) is 25.7 Å². The van der Waals surface area contributed by atoms with Gasteiger partial charge in [-0.2, -0.15) is 0 Å². The fraction of sp³-hybridized carbons (Fsp3) is 0.533. The number of aliphatic hydroxyl groups is 1. The number of nitrogens with zero attached hydrogens (tertiary/aromatic N) is 1. The summed E-state index contributed by atoms with van der Waals surface area (Å²) in [4.78, 5) is 13.8. The number of aliphatic hydroxyl groups excluding tert-OH is 1. The number of hydrogen-bond acceptors (Lipinski definition) is 3. The minimum Gasteiger partial charge on any atom is -0.493 e. The Morgan fingerprint density at radius 3 is 3.11 bits per heavy atom. The van der Waals surface area contributed by atoms with Crippen molar-refractivity contribution in [2.24, 2.45) is 0 Å². The summed E-state index contributed by atoms with van der Waals surface area (Å²) in [5.41, 5.74) is 1.14. The van der Waals surface area contributed by atoms with E-state index in [1.165, 1.54) is 0 Å². The van der Waals surface area contributed by atoms with Gasteiger partial charge in [-0.05, 0) is 37.5 Å². The van der Waals surface area contributed by atoms with Gasteiger partial charge in [0.1, 0.15) is 5.75 Å². The van der Waals surface area contributed by atoms with E-state index in [4.69, 9.17) is 4.74 Å². The van der Waals surface area contributed by atoms with E-state index in [1.807, 2.05) is 31.2 Å². The van der Waals surface area contributed by atoms with E-state index >= 15 is 0 Å². The van der Waals surface area contributed by atoms with E-state index in [0.717, 1.165) is 30.7 Å². The van der Waals surface area contributed by atoms with Crippen LogP contribution in [0, 0.1) is 6.92 Å². The highest BCUT2D eigenvalue weighted by molar-refractivity contribution is 5.77. The van der Waals surface area contributed by atoms with Gasteiger partial charge in [0, 0.05) is 6.54 Å². The average molecular weight is 263 g/mol. The molecule has 0 radical (unpaired) electrons. The van der Waals surface area contributed by atoms with E-state index in [-0.39, 0.29) is 18.6 Å². The van der Waals surface area contributed by atoms with Gasteiger partial charge in [-0.3, -0.25) is 4.79 Å². The predicted octanol–water partition coefficient (Wildman–Crippen LogP) is 1.75. The molecule has 4 nitrogen and oxygen atoms in total. The molecule has 1 heterocycles. The molecule has 0 spiro atoms. The molecule has 0 aliphatic carbocycles. The van der Waals surface area contributed by atoms with E-state index in [2.05, 4.69) is 0 Å². The Hall–Kier alpha value is -1.55. The maximum absolute atomic E-state index is 12.0. The SMILES string of the molecule is Cc1cccc(OCCC(=O)N2CCC[C@H]2CO)c1. The van der Waals surface area contributed by atoms with Crippen molar-refractivity contribution in [1.29, 1.82) is 0 Å². The molecule has 1 amide bonds. The molecule has 1 saturated heterocycles. The Bertz CT molecular complexity index is 433. The zero-order chi connectivity index (χ0) is 13.7. The predicted molar refractivity (Wildman–Crippen MR) is 73.1 cm³/mol. The van der Waals surface area contributed by atoms with Crippen LogP contribution in [0.1, 0.15) is 24.8 Å². The molecular weight excluding hydrogens is 242 g/mol. The maximum Gasteiger partial charge on any atom is 0.226 e. The molecule has 1 N–H and O–H groups in total. The van der Waals surface area contributed by atoms with Crippen LogP contribution in [0.4, 0.5) is 0 Å². The highest BCUT2D eigenvalue weighted by atomic mass is 16.5. The molecule has 4 heteroatoms. The molecule has 1 aromatic carbocycles. The molecule has 104 valence electrons. The second-order valence-corrected chi connectivity index (χ2v) is 4.98. The molecule has 1 fully saturated rings. The lowest BCUT2D eigenvalue weighted by atomic mass is 10.2. The summed E-state index contributed by atoms with van der Waals surface area (Å²) >= 11 is 0. The van der Waals surface area contributed by atoms with Crippen LogP contribution in [-0.2, 0) is 4.79 Å². The third-order valence-corrected chi connectivity index (χ3v) is 3.48. The Morgan fingerprint density at radius 2 is 2.37 bits per heavy atom. The smallest absolute Gasteiger partial charge is 0.226 e. The minimum atomic E-state index is 0.00599. The number of benzene rings is 1. The quantitative estimate of drug-likeness (QED) is 0.880. The summed E-state index contributed by atoms with van der Waals surface area (Å²) in [5, 5.41) is 9.19. The summed E-state index contributed by atoms with van der Waals surface area (Å²) in [6.07, 6.45) is 2.25. The lowest BCUT2D eigenvalue weighted by molar-refractivity contribution is -0.133. The van der Waals surface area contributed by atoms with Crippen molar-refractivity contribution in [3.8, 4) is 5.75 Å². The second-order valence-electron chi connectivity index (χ2n) is 4.98. The monoisotopic (exact) mass is 263 g/mol. The summed E-state index contributed by atoms with van der Waals surface area (Å²) in [6, 6.07) is 7.80. The van der Waals surface area contributed by atoms with Gasteiger partial charge in [-0.15, -0.1) is 0 Å². The Kier molecular flexibility index (Phi) is 4.80. The van der Waals surface area contributed by atoms with Crippen molar-refractivity contribution in [1.82, 2.24) is 4.90 Å². The van der Waals surface area contributed by atoms with Crippen molar-refractivity contribution in [2.45, 2.75) is 32.2 Å². The van der Waals surface area contributed by atoms with Gasteiger partial charge < -0.3 is 14.7 Å². The number of rotatable bonds is 5. The van der Waals surface area contributed by atoms with Gasteiger partial charge >= 0.3 is 0 Å². The third kappa shape index (κ3) is 3.70. The van der Waals surface area contributed by atoms with Crippen LogP contribution in [0.25, 0.3) is 0 Å². The van der Waals surface area contributed by atoms with Gasteiger partial charge in [-0.1, -0.05) is 12.1 Å². The molecule has 1 aliphatic heterocycles. The molecule has 2 rings (SSSR count). The van der Waals surface area contributed by atoms with Crippen LogP contribution in [0.2, 0.25) is 0 Å².